The molecule has 1 aromatic carbocycles. The molecule has 0 amide bonds. The number of hydrogen-bond donors (Lipinski definition) is 2. The normalized spacial score (nSPS) is 16.6. The minimum atomic E-state index is 0.255. The Labute approximate surface area is 100 Å². The Balaban J connectivity index is 2.18. The van der Waals surface area contributed by atoms with Crippen LogP contribution in [0, 0.1) is 17.2 Å². The number of nitrogens with zero attached hydrogens (tertiary/aromatic N) is 1. The van der Waals surface area contributed by atoms with Crippen molar-refractivity contribution in [3.05, 3.63) is 28.8 Å². The summed E-state index contributed by atoms with van der Waals surface area (Å²) >= 11 is 5.91. The van der Waals surface area contributed by atoms with Gasteiger partial charge in [-0.15, -0.1) is 0 Å². The first kappa shape index (κ1) is 11.3. The van der Waals surface area contributed by atoms with Gasteiger partial charge >= 0.3 is 0 Å². The van der Waals surface area contributed by atoms with Crippen LogP contribution < -0.4 is 11.1 Å². The van der Waals surface area contributed by atoms with Gasteiger partial charge in [-0.1, -0.05) is 11.6 Å². The molecule has 16 heavy (non-hydrogen) atoms. The maximum atomic E-state index is 8.98. The van der Waals surface area contributed by atoms with E-state index in [2.05, 4.69) is 11.4 Å². The van der Waals surface area contributed by atoms with Gasteiger partial charge in [-0.2, -0.15) is 5.26 Å². The number of nitrogens with one attached hydrogen (secondary N) is 1. The molecule has 1 aliphatic carbocycles. The van der Waals surface area contributed by atoms with Crippen LogP contribution in [0.5, 0.6) is 0 Å². The van der Waals surface area contributed by atoms with E-state index in [4.69, 9.17) is 22.6 Å². The minimum absolute atomic E-state index is 0.255. The molecule has 0 bridgehead atoms. The second-order valence-electron chi connectivity index (χ2n) is 4.13. The first-order chi connectivity index (χ1) is 7.74. The lowest BCUT2D eigenvalue weighted by molar-refractivity contribution is 0.645. The number of nitriles is 1. The molecule has 1 atom stereocenters. The summed E-state index contributed by atoms with van der Waals surface area (Å²) in [6.07, 6.45) is 2.44. The quantitative estimate of drug-likeness (QED) is 0.842. The fraction of sp³-hybridized carbons (Fsp3) is 0.417. The number of hydrogen-bond acceptors (Lipinski definition) is 3. The van der Waals surface area contributed by atoms with E-state index in [1.807, 2.05) is 0 Å². The lowest BCUT2D eigenvalue weighted by atomic mass is 10.1. The molecule has 3 nitrogen and oxygen atoms in total. The Bertz CT molecular complexity index is 421. The van der Waals surface area contributed by atoms with Crippen molar-refractivity contribution in [1.29, 1.82) is 5.26 Å². The number of rotatable bonds is 4. The Morgan fingerprint density at radius 3 is 2.88 bits per heavy atom. The summed E-state index contributed by atoms with van der Waals surface area (Å²) in [6.45, 7) is 0.585. The summed E-state index contributed by atoms with van der Waals surface area (Å²) in [6, 6.07) is 7.64. The van der Waals surface area contributed by atoms with E-state index in [-0.39, 0.29) is 6.04 Å². The Kier molecular flexibility index (Phi) is 3.33. The maximum absolute atomic E-state index is 8.98. The van der Waals surface area contributed by atoms with E-state index in [9.17, 15) is 0 Å². The summed E-state index contributed by atoms with van der Waals surface area (Å²) in [5, 5.41) is 12.9. The molecule has 0 spiro atoms. The molecule has 1 saturated carbocycles. The highest BCUT2D eigenvalue weighted by Crippen LogP contribution is 2.34. The van der Waals surface area contributed by atoms with Crippen LogP contribution in [0.2, 0.25) is 5.02 Å². The molecule has 3 N–H and O–H groups in total. The van der Waals surface area contributed by atoms with Gasteiger partial charge in [0.25, 0.3) is 0 Å². The van der Waals surface area contributed by atoms with E-state index in [1.165, 1.54) is 12.8 Å². The third-order valence-electron chi connectivity index (χ3n) is 2.89. The average Bonchev–Trinajstić information content (AvgIpc) is 3.10. The van der Waals surface area contributed by atoms with Crippen molar-refractivity contribution in [3.63, 3.8) is 0 Å². The Morgan fingerprint density at radius 1 is 1.56 bits per heavy atom. The van der Waals surface area contributed by atoms with Gasteiger partial charge in [-0.25, -0.2) is 0 Å². The third-order valence-corrected chi connectivity index (χ3v) is 3.12. The molecule has 0 heterocycles. The summed E-state index contributed by atoms with van der Waals surface area (Å²) in [5.41, 5.74) is 7.12. The van der Waals surface area contributed by atoms with Crippen LogP contribution in [0.1, 0.15) is 18.4 Å². The standard InChI is InChI=1S/C12H14ClN3/c13-10-4-3-9(6-14)11(5-10)16-12(7-15)8-1-2-8/h3-5,8,12,16H,1-2,7,15H2. The van der Waals surface area contributed by atoms with Crippen molar-refractivity contribution < 1.29 is 0 Å². The molecule has 1 unspecified atom stereocenters. The van der Waals surface area contributed by atoms with Crippen LogP contribution in [-0.4, -0.2) is 12.6 Å². The molecular formula is C12H14ClN3. The van der Waals surface area contributed by atoms with Gasteiger partial charge in [0.1, 0.15) is 6.07 Å². The zero-order chi connectivity index (χ0) is 11.5. The first-order valence-corrected chi connectivity index (χ1v) is 5.78. The summed E-state index contributed by atoms with van der Waals surface area (Å²) in [7, 11) is 0. The van der Waals surface area contributed by atoms with Crippen molar-refractivity contribution in [3.8, 4) is 6.07 Å². The zero-order valence-corrected chi connectivity index (χ0v) is 9.67. The Hall–Kier alpha value is -1.24. The largest absolute Gasteiger partial charge is 0.380 e. The van der Waals surface area contributed by atoms with Crippen molar-refractivity contribution in [2.75, 3.05) is 11.9 Å². The fourth-order valence-corrected chi connectivity index (χ4v) is 1.97. The Morgan fingerprint density at radius 2 is 2.31 bits per heavy atom. The summed E-state index contributed by atoms with van der Waals surface area (Å²) in [5.74, 6) is 0.649. The van der Waals surface area contributed by atoms with Gasteiger partial charge in [0.05, 0.1) is 11.3 Å². The van der Waals surface area contributed by atoms with E-state index >= 15 is 0 Å². The first-order valence-electron chi connectivity index (χ1n) is 5.41. The monoisotopic (exact) mass is 235 g/mol. The van der Waals surface area contributed by atoms with Gasteiger partial charge in [0.15, 0.2) is 0 Å². The van der Waals surface area contributed by atoms with Crippen LogP contribution in [0.4, 0.5) is 5.69 Å². The van der Waals surface area contributed by atoms with Gasteiger partial charge in [-0.3, -0.25) is 0 Å². The zero-order valence-electron chi connectivity index (χ0n) is 8.91. The van der Waals surface area contributed by atoms with E-state index in [1.54, 1.807) is 18.2 Å². The van der Waals surface area contributed by atoms with Gasteiger partial charge < -0.3 is 11.1 Å². The molecule has 2 rings (SSSR count). The van der Waals surface area contributed by atoms with E-state index in [0.29, 0.717) is 23.0 Å². The highest BCUT2D eigenvalue weighted by Gasteiger charge is 2.30. The SMILES string of the molecule is N#Cc1ccc(Cl)cc1NC(CN)C1CC1. The van der Waals surface area contributed by atoms with E-state index in [0.717, 1.165) is 5.69 Å². The van der Waals surface area contributed by atoms with Crippen molar-refractivity contribution >= 4 is 17.3 Å². The molecule has 0 aliphatic heterocycles. The van der Waals surface area contributed by atoms with Crippen LogP contribution in [-0.2, 0) is 0 Å². The van der Waals surface area contributed by atoms with Gasteiger partial charge in [0, 0.05) is 17.6 Å². The molecule has 4 heteroatoms. The average molecular weight is 236 g/mol. The third kappa shape index (κ3) is 2.46. The van der Waals surface area contributed by atoms with Crippen molar-refractivity contribution in [2.24, 2.45) is 11.7 Å². The molecule has 0 saturated heterocycles. The highest BCUT2D eigenvalue weighted by atomic mass is 35.5. The van der Waals surface area contributed by atoms with Crippen LogP contribution >= 0.6 is 11.6 Å². The van der Waals surface area contributed by atoms with Crippen LogP contribution in [0.3, 0.4) is 0 Å². The maximum Gasteiger partial charge on any atom is 0.101 e. The molecule has 1 fully saturated rings. The molecular weight excluding hydrogens is 222 g/mol. The molecule has 1 aliphatic rings. The minimum Gasteiger partial charge on any atom is -0.380 e. The second kappa shape index (κ2) is 4.73. The molecule has 0 radical (unpaired) electrons. The van der Waals surface area contributed by atoms with Crippen molar-refractivity contribution in [1.82, 2.24) is 0 Å². The van der Waals surface area contributed by atoms with Gasteiger partial charge in [-0.05, 0) is 37.0 Å². The smallest absolute Gasteiger partial charge is 0.101 e. The number of nitrogens with two attached hydrogens (primary N) is 1. The highest BCUT2D eigenvalue weighted by molar-refractivity contribution is 6.30. The fourth-order valence-electron chi connectivity index (χ4n) is 1.80. The predicted octanol–water partition coefficient (Wildman–Crippen LogP) is 2.36. The number of benzene rings is 1. The predicted molar refractivity (Wildman–Crippen MR) is 65.4 cm³/mol. The van der Waals surface area contributed by atoms with Crippen molar-refractivity contribution in [2.45, 2.75) is 18.9 Å². The number of anilines is 1. The lowest BCUT2D eigenvalue weighted by Crippen LogP contribution is -2.31. The summed E-state index contributed by atoms with van der Waals surface area (Å²) in [4.78, 5) is 0. The molecule has 84 valence electrons. The molecule has 0 aromatic heterocycles. The molecule has 1 aromatic rings. The van der Waals surface area contributed by atoms with Gasteiger partial charge in [0.2, 0.25) is 0 Å². The van der Waals surface area contributed by atoms with E-state index < -0.39 is 0 Å². The number of halogens is 1. The van der Waals surface area contributed by atoms with Crippen LogP contribution in [0.25, 0.3) is 0 Å². The lowest BCUT2D eigenvalue weighted by Gasteiger charge is -2.18. The second-order valence-corrected chi connectivity index (χ2v) is 4.56. The van der Waals surface area contributed by atoms with Crippen LogP contribution in [0.15, 0.2) is 18.2 Å². The summed E-state index contributed by atoms with van der Waals surface area (Å²) < 4.78 is 0. The topological polar surface area (TPSA) is 61.8 Å².